The number of hydrogen-bond donors (Lipinski definition) is 2. The summed E-state index contributed by atoms with van der Waals surface area (Å²) in [6, 6.07) is 15.4. The zero-order chi connectivity index (χ0) is 22.2. The van der Waals surface area contributed by atoms with Crippen LogP contribution in [-0.2, 0) is 13.0 Å². The number of nitrogens with zero attached hydrogens (tertiary/aromatic N) is 5. The minimum atomic E-state index is -0.299. The van der Waals surface area contributed by atoms with Crippen molar-refractivity contribution in [1.82, 2.24) is 30.0 Å². The first-order valence-electron chi connectivity index (χ1n) is 10.6. The summed E-state index contributed by atoms with van der Waals surface area (Å²) in [5.74, 6) is 0.409. The Morgan fingerprint density at radius 3 is 2.52 bits per heavy atom. The van der Waals surface area contributed by atoms with Crippen LogP contribution in [0.2, 0.25) is 0 Å². The summed E-state index contributed by atoms with van der Waals surface area (Å²) in [7, 11) is 0. The standard InChI is InChI=1S/C24H26FN7.HI/c1-2-27-24(28-12-10-19-4-7-21(8-5-19)32-14-3-11-30-32)29-17-20-6-9-23(22(25)16-20)31-15-13-26-18-31;/h3-9,11,13-16,18H,2,10,12,17H2,1H3,(H2,27,28,29);1H. The van der Waals surface area contributed by atoms with Crippen molar-refractivity contribution in [1.29, 1.82) is 0 Å². The number of rotatable bonds is 8. The molecule has 4 rings (SSSR count). The monoisotopic (exact) mass is 559 g/mol. The van der Waals surface area contributed by atoms with Crippen molar-refractivity contribution >= 4 is 29.9 Å². The van der Waals surface area contributed by atoms with Crippen LogP contribution in [0.15, 0.2) is 84.6 Å². The van der Waals surface area contributed by atoms with Crippen LogP contribution in [0.5, 0.6) is 0 Å². The molecule has 9 heteroatoms. The van der Waals surface area contributed by atoms with Crippen LogP contribution < -0.4 is 10.6 Å². The maximum absolute atomic E-state index is 14.5. The highest BCUT2D eigenvalue weighted by atomic mass is 127. The average molecular weight is 559 g/mol. The van der Waals surface area contributed by atoms with Gasteiger partial charge in [-0.3, -0.25) is 0 Å². The Morgan fingerprint density at radius 1 is 1.03 bits per heavy atom. The van der Waals surface area contributed by atoms with E-state index in [0.717, 1.165) is 30.8 Å². The highest BCUT2D eigenvalue weighted by Crippen LogP contribution is 2.15. The van der Waals surface area contributed by atoms with E-state index in [1.165, 1.54) is 11.6 Å². The predicted molar refractivity (Wildman–Crippen MR) is 139 cm³/mol. The van der Waals surface area contributed by atoms with Crippen molar-refractivity contribution in [2.45, 2.75) is 19.9 Å². The molecule has 0 atom stereocenters. The van der Waals surface area contributed by atoms with E-state index < -0.39 is 0 Å². The number of nitrogens with one attached hydrogen (secondary N) is 2. The quantitative estimate of drug-likeness (QED) is 0.194. The molecule has 2 aromatic carbocycles. The molecule has 172 valence electrons. The van der Waals surface area contributed by atoms with E-state index in [2.05, 4.69) is 50.0 Å². The Kier molecular flexibility index (Phi) is 8.99. The van der Waals surface area contributed by atoms with Gasteiger partial charge in [-0.15, -0.1) is 24.0 Å². The molecule has 0 saturated heterocycles. The van der Waals surface area contributed by atoms with Gasteiger partial charge in [-0.1, -0.05) is 18.2 Å². The summed E-state index contributed by atoms with van der Waals surface area (Å²) in [4.78, 5) is 8.56. The molecule has 2 heterocycles. The molecule has 0 aliphatic heterocycles. The third-order valence-electron chi connectivity index (χ3n) is 4.97. The van der Waals surface area contributed by atoms with Crippen LogP contribution in [0, 0.1) is 5.82 Å². The number of benzene rings is 2. The molecular weight excluding hydrogens is 532 g/mol. The normalized spacial score (nSPS) is 11.2. The third kappa shape index (κ3) is 6.64. The van der Waals surface area contributed by atoms with E-state index in [1.54, 1.807) is 35.6 Å². The second kappa shape index (κ2) is 12.1. The molecule has 0 radical (unpaired) electrons. The van der Waals surface area contributed by atoms with Gasteiger partial charge in [0.2, 0.25) is 0 Å². The number of halogens is 2. The lowest BCUT2D eigenvalue weighted by Crippen LogP contribution is -2.38. The van der Waals surface area contributed by atoms with E-state index in [9.17, 15) is 4.39 Å². The fraction of sp³-hybridized carbons (Fsp3) is 0.208. The van der Waals surface area contributed by atoms with E-state index in [-0.39, 0.29) is 29.8 Å². The molecule has 0 bridgehead atoms. The minimum absolute atomic E-state index is 0. The van der Waals surface area contributed by atoms with Crippen molar-refractivity contribution in [3.05, 3.63) is 96.6 Å². The topological polar surface area (TPSA) is 72.1 Å². The van der Waals surface area contributed by atoms with E-state index in [4.69, 9.17) is 0 Å². The highest BCUT2D eigenvalue weighted by Gasteiger charge is 2.06. The third-order valence-corrected chi connectivity index (χ3v) is 4.97. The molecule has 0 aliphatic rings. The maximum atomic E-state index is 14.5. The van der Waals surface area contributed by atoms with Crippen LogP contribution in [0.4, 0.5) is 4.39 Å². The molecule has 4 aromatic rings. The van der Waals surface area contributed by atoms with Gasteiger partial charge in [-0.2, -0.15) is 5.10 Å². The summed E-state index contributed by atoms with van der Waals surface area (Å²) < 4.78 is 17.9. The van der Waals surface area contributed by atoms with Gasteiger partial charge in [0.1, 0.15) is 5.82 Å². The summed E-state index contributed by atoms with van der Waals surface area (Å²) in [5.41, 5.74) is 3.53. The Bertz CT molecular complexity index is 1140. The fourth-order valence-electron chi connectivity index (χ4n) is 3.33. The van der Waals surface area contributed by atoms with Crippen LogP contribution in [0.3, 0.4) is 0 Å². The van der Waals surface area contributed by atoms with Gasteiger partial charge in [0.05, 0.1) is 24.2 Å². The molecule has 33 heavy (non-hydrogen) atoms. The highest BCUT2D eigenvalue weighted by molar-refractivity contribution is 14.0. The van der Waals surface area contributed by atoms with Gasteiger partial charge < -0.3 is 15.2 Å². The summed E-state index contributed by atoms with van der Waals surface area (Å²) in [5, 5.41) is 10.8. The molecule has 0 amide bonds. The lowest BCUT2D eigenvalue weighted by Gasteiger charge is -2.12. The zero-order valence-electron chi connectivity index (χ0n) is 18.4. The van der Waals surface area contributed by atoms with Crippen LogP contribution >= 0.6 is 24.0 Å². The van der Waals surface area contributed by atoms with Gasteiger partial charge in [-0.25, -0.2) is 19.0 Å². The Hall–Kier alpha value is -3.21. The molecule has 0 spiro atoms. The second-order valence-electron chi connectivity index (χ2n) is 7.24. The molecule has 0 unspecified atom stereocenters. The summed E-state index contributed by atoms with van der Waals surface area (Å²) in [6.07, 6.45) is 9.47. The van der Waals surface area contributed by atoms with Crippen molar-refractivity contribution in [2.24, 2.45) is 4.99 Å². The van der Waals surface area contributed by atoms with Gasteiger partial charge in [0.15, 0.2) is 5.96 Å². The van der Waals surface area contributed by atoms with E-state index in [1.807, 2.05) is 29.9 Å². The van der Waals surface area contributed by atoms with Crippen molar-refractivity contribution < 1.29 is 4.39 Å². The van der Waals surface area contributed by atoms with Crippen LogP contribution in [0.1, 0.15) is 18.1 Å². The van der Waals surface area contributed by atoms with Crippen molar-refractivity contribution in [3.63, 3.8) is 0 Å². The smallest absolute Gasteiger partial charge is 0.191 e. The molecular formula is C24H27FIN7. The summed E-state index contributed by atoms with van der Waals surface area (Å²) in [6.45, 7) is 3.89. The first-order chi connectivity index (χ1) is 15.7. The molecule has 2 aromatic heterocycles. The zero-order valence-corrected chi connectivity index (χ0v) is 20.7. The molecule has 0 aliphatic carbocycles. The number of aromatic nitrogens is 4. The minimum Gasteiger partial charge on any atom is -0.357 e. The Labute approximate surface area is 209 Å². The van der Waals surface area contributed by atoms with Crippen molar-refractivity contribution in [3.8, 4) is 11.4 Å². The van der Waals surface area contributed by atoms with Gasteiger partial charge in [-0.05, 0) is 54.8 Å². The molecule has 0 fully saturated rings. The van der Waals surface area contributed by atoms with Crippen LogP contribution in [0.25, 0.3) is 11.4 Å². The molecule has 7 nitrogen and oxygen atoms in total. The second-order valence-corrected chi connectivity index (χ2v) is 7.24. The van der Waals surface area contributed by atoms with Gasteiger partial charge >= 0.3 is 0 Å². The SMILES string of the molecule is CCNC(=NCc1ccc(-n2ccnc2)c(F)c1)NCCc1ccc(-n2cccn2)cc1.I. The number of guanidine groups is 1. The number of imidazole rings is 1. The van der Waals surface area contributed by atoms with Crippen LogP contribution in [-0.4, -0.2) is 38.4 Å². The predicted octanol–water partition coefficient (Wildman–Crippen LogP) is 4.11. The van der Waals surface area contributed by atoms with Gasteiger partial charge in [0, 0.05) is 37.9 Å². The Morgan fingerprint density at radius 2 is 1.85 bits per heavy atom. The lowest BCUT2D eigenvalue weighted by molar-refractivity contribution is 0.615. The number of hydrogen-bond acceptors (Lipinski definition) is 3. The maximum Gasteiger partial charge on any atom is 0.191 e. The van der Waals surface area contributed by atoms with Crippen molar-refractivity contribution in [2.75, 3.05) is 13.1 Å². The van der Waals surface area contributed by atoms with Gasteiger partial charge in [0.25, 0.3) is 0 Å². The summed E-state index contributed by atoms with van der Waals surface area (Å²) >= 11 is 0. The van der Waals surface area contributed by atoms with E-state index in [0.29, 0.717) is 18.2 Å². The Balaban J connectivity index is 0.00000306. The lowest BCUT2D eigenvalue weighted by atomic mass is 10.1. The fourth-order valence-corrected chi connectivity index (χ4v) is 3.33. The average Bonchev–Trinajstić information content (AvgIpc) is 3.53. The first-order valence-corrected chi connectivity index (χ1v) is 10.6. The van der Waals surface area contributed by atoms with E-state index >= 15 is 0 Å². The molecule has 2 N–H and O–H groups in total. The molecule has 0 saturated carbocycles. The number of aliphatic imine (C=N–C) groups is 1. The first kappa shape index (κ1) is 24.4. The largest absolute Gasteiger partial charge is 0.357 e.